The summed E-state index contributed by atoms with van der Waals surface area (Å²) < 4.78 is 44.6. The first kappa shape index (κ1) is 13.0. The van der Waals surface area contributed by atoms with Crippen molar-refractivity contribution in [3.63, 3.8) is 0 Å². The first-order valence-electron chi connectivity index (χ1n) is 5.85. The van der Waals surface area contributed by atoms with Crippen molar-refractivity contribution in [1.29, 1.82) is 0 Å². The first-order valence-corrected chi connectivity index (χ1v) is 6.73. The van der Waals surface area contributed by atoms with E-state index in [9.17, 15) is 13.2 Å². The molecule has 0 bridgehead atoms. The van der Waals surface area contributed by atoms with Gasteiger partial charge in [-0.25, -0.2) is 0 Å². The van der Waals surface area contributed by atoms with Crippen LogP contribution in [-0.2, 0) is 6.18 Å². The molecular weight excluding hydrogens is 285 g/mol. The molecule has 0 saturated carbocycles. The van der Waals surface area contributed by atoms with E-state index in [2.05, 4.69) is 0 Å². The second kappa shape index (κ2) is 4.83. The number of fused-ring (bicyclic) bond motifs is 1. The summed E-state index contributed by atoms with van der Waals surface area (Å²) in [7, 11) is 0. The largest absolute Gasteiger partial charge is 0.456 e. The molecule has 0 unspecified atom stereocenters. The number of hydrogen-bond acceptors (Lipinski definition) is 2. The van der Waals surface area contributed by atoms with Crippen molar-refractivity contribution in [2.75, 3.05) is 0 Å². The predicted octanol–water partition coefficient (Wildman–Crippen LogP) is 5.71. The Kier molecular flexibility index (Phi) is 3.14. The van der Waals surface area contributed by atoms with E-state index < -0.39 is 11.7 Å². The molecule has 102 valence electrons. The fourth-order valence-corrected chi connectivity index (χ4v) is 2.76. The molecule has 20 heavy (non-hydrogen) atoms. The summed E-state index contributed by atoms with van der Waals surface area (Å²) in [5.41, 5.74) is -0.713. The summed E-state index contributed by atoms with van der Waals surface area (Å²) in [6, 6.07) is 12.5. The minimum Gasteiger partial charge on any atom is -0.456 e. The molecule has 1 heterocycles. The molecule has 0 aliphatic carbocycles. The number of thiophene rings is 1. The third-order valence-corrected chi connectivity index (χ3v) is 3.78. The Morgan fingerprint density at radius 2 is 1.75 bits per heavy atom. The highest BCUT2D eigenvalue weighted by atomic mass is 32.1. The molecule has 0 N–H and O–H groups in total. The lowest BCUT2D eigenvalue weighted by Crippen LogP contribution is -2.04. The molecule has 3 rings (SSSR count). The van der Waals surface area contributed by atoms with Crippen LogP contribution >= 0.6 is 11.3 Å². The van der Waals surface area contributed by atoms with Crippen LogP contribution in [0.4, 0.5) is 13.2 Å². The lowest BCUT2D eigenvalue weighted by Gasteiger charge is -2.09. The van der Waals surface area contributed by atoms with Crippen LogP contribution in [0.5, 0.6) is 11.5 Å². The SMILES string of the molecule is FC(F)(F)c1cccc(Oc2csc3ccccc23)c1. The molecule has 0 atom stereocenters. The summed E-state index contributed by atoms with van der Waals surface area (Å²) in [5.74, 6) is 0.758. The van der Waals surface area contributed by atoms with E-state index in [1.807, 2.05) is 24.3 Å². The minimum absolute atomic E-state index is 0.184. The van der Waals surface area contributed by atoms with Gasteiger partial charge in [0.05, 0.1) is 5.56 Å². The van der Waals surface area contributed by atoms with E-state index in [4.69, 9.17) is 4.74 Å². The predicted molar refractivity (Wildman–Crippen MR) is 73.3 cm³/mol. The quantitative estimate of drug-likeness (QED) is 0.588. The summed E-state index contributed by atoms with van der Waals surface area (Å²) in [5, 5.41) is 2.69. The Labute approximate surface area is 117 Å². The molecule has 0 fully saturated rings. The molecule has 0 amide bonds. The van der Waals surface area contributed by atoms with Gasteiger partial charge in [-0.3, -0.25) is 0 Å². The molecule has 5 heteroatoms. The second-order valence-electron chi connectivity index (χ2n) is 4.22. The topological polar surface area (TPSA) is 9.23 Å². The van der Waals surface area contributed by atoms with Gasteiger partial charge in [-0.1, -0.05) is 18.2 Å². The lowest BCUT2D eigenvalue weighted by atomic mass is 10.2. The van der Waals surface area contributed by atoms with Crippen molar-refractivity contribution in [2.45, 2.75) is 6.18 Å². The third-order valence-electron chi connectivity index (χ3n) is 2.83. The van der Waals surface area contributed by atoms with Crippen molar-refractivity contribution in [3.8, 4) is 11.5 Å². The van der Waals surface area contributed by atoms with Gasteiger partial charge in [0.1, 0.15) is 11.5 Å². The Morgan fingerprint density at radius 3 is 2.55 bits per heavy atom. The Bertz CT molecular complexity index is 746. The maximum absolute atomic E-state index is 12.6. The molecule has 2 aromatic carbocycles. The van der Waals surface area contributed by atoms with Gasteiger partial charge >= 0.3 is 6.18 Å². The van der Waals surface area contributed by atoms with Gasteiger partial charge in [-0.2, -0.15) is 13.2 Å². The smallest absolute Gasteiger partial charge is 0.416 e. The standard InChI is InChI=1S/C15H9F3OS/c16-15(17,18)10-4-3-5-11(8-10)19-13-9-20-14-7-2-1-6-12(13)14/h1-9H. The number of ether oxygens (including phenoxy) is 1. The molecule has 3 aromatic rings. The van der Waals surface area contributed by atoms with Crippen molar-refractivity contribution < 1.29 is 17.9 Å². The van der Waals surface area contributed by atoms with Gasteiger partial charge in [0, 0.05) is 15.5 Å². The Balaban J connectivity index is 1.95. The van der Waals surface area contributed by atoms with E-state index >= 15 is 0 Å². The average molecular weight is 294 g/mol. The fraction of sp³-hybridized carbons (Fsp3) is 0.0667. The molecular formula is C15H9F3OS. The highest BCUT2D eigenvalue weighted by molar-refractivity contribution is 7.17. The van der Waals surface area contributed by atoms with Crippen LogP contribution in [0.1, 0.15) is 5.56 Å². The van der Waals surface area contributed by atoms with Crippen molar-refractivity contribution >= 4 is 21.4 Å². The third kappa shape index (κ3) is 2.49. The van der Waals surface area contributed by atoms with Gasteiger partial charge in [-0.15, -0.1) is 11.3 Å². The van der Waals surface area contributed by atoms with Gasteiger partial charge < -0.3 is 4.74 Å². The molecule has 0 radical (unpaired) electrons. The zero-order chi connectivity index (χ0) is 14.2. The highest BCUT2D eigenvalue weighted by Crippen LogP contribution is 2.37. The number of hydrogen-bond donors (Lipinski definition) is 0. The number of alkyl halides is 3. The molecule has 0 aliphatic rings. The van der Waals surface area contributed by atoms with Gasteiger partial charge in [-0.05, 0) is 30.3 Å². The van der Waals surface area contributed by atoms with E-state index in [0.717, 1.165) is 22.2 Å². The summed E-state index contributed by atoms with van der Waals surface area (Å²) in [4.78, 5) is 0. The molecule has 1 nitrogen and oxygen atoms in total. The number of benzene rings is 2. The van der Waals surface area contributed by atoms with Crippen LogP contribution in [-0.4, -0.2) is 0 Å². The van der Waals surface area contributed by atoms with Crippen LogP contribution in [0.15, 0.2) is 53.9 Å². The normalized spacial score (nSPS) is 11.8. The molecule has 1 aromatic heterocycles. The van der Waals surface area contributed by atoms with E-state index in [-0.39, 0.29) is 5.75 Å². The maximum atomic E-state index is 12.6. The van der Waals surface area contributed by atoms with E-state index in [0.29, 0.717) is 5.75 Å². The van der Waals surface area contributed by atoms with Crippen LogP contribution in [0, 0.1) is 0 Å². The van der Waals surface area contributed by atoms with Gasteiger partial charge in [0.15, 0.2) is 0 Å². The minimum atomic E-state index is -4.36. The summed E-state index contributed by atoms with van der Waals surface area (Å²) in [6.07, 6.45) is -4.36. The summed E-state index contributed by atoms with van der Waals surface area (Å²) in [6.45, 7) is 0. The first-order chi connectivity index (χ1) is 9.54. The van der Waals surface area contributed by atoms with Gasteiger partial charge in [0.25, 0.3) is 0 Å². The van der Waals surface area contributed by atoms with Crippen molar-refractivity contribution in [3.05, 3.63) is 59.5 Å². The van der Waals surface area contributed by atoms with E-state index in [1.165, 1.54) is 23.5 Å². The lowest BCUT2D eigenvalue weighted by molar-refractivity contribution is -0.137. The monoisotopic (exact) mass is 294 g/mol. The van der Waals surface area contributed by atoms with Crippen LogP contribution in [0.25, 0.3) is 10.1 Å². The zero-order valence-electron chi connectivity index (χ0n) is 10.1. The average Bonchev–Trinajstić information content (AvgIpc) is 2.82. The zero-order valence-corrected chi connectivity index (χ0v) is 11.0. The van der Waals surface area contributed by atoms with Crippen molar-refractivity contribution in [1.82, 2.24) is 0 Å². The highest BCUT2D eigenvalue weighted by Gasteiger charge is 2.30. The Hall–Kier alpha value is -2.01. The molecule has 0 aliphatic heterocycles. The van der Waals surface area contributed by atoms with Crippen LogP contribution in [0.2, 0.25) is 0 Å². The Morgan fingerprint density at radius 1 is 0.950 bits per heavy atom. The maximum Gasteiger partial charge on any atom is 0.416 e. The summed E-state index contributed by atoms with van der Waals surface area (Å²) >= 11 is 1.50. The van der Waals surface area contributed by atoms with E-state index in [1.54, 1.807) is 5.38 Å². The molecule has 0 saturated heterocycles. The molecule has 0 spiro atoms. The van der Waals surface area contributed by atoms with Crippen LogP contribution < -0.4 is 4.74 Å². The second-order valence-corrected chi connectivity index (χ2v) is 5.13. The number of halogens is 3. The number of rotatable bonds is 2. The van der Waals surface area contributed by atoms with Gasteiger partial charge in [0.2, 0.25) is 0 Å². The fourth-order valence-electron chi connectivity index (χ4n) is 1.90. The van der Waals surface area contributed by atoms with Crippen LogP contribution in [0.3, 0.4) is 0 Å². The van der Waals surface area contributed by atoms with Crippen molar-refractivity contribution in [2.24, 2.45) is 0 Å².